The largest absolute Gasteiger partial charge is 0.477 e. The lowest BCUT2D eigenvalue weighted by Gasteiger charge is -2.47. The predicted octanol–water partition coefficient (Wildman–Crippen LogP) is -1.86. The van der Waals surface area contributed by atoms with E-state index in [1.165, 1.54) is 27.7 Å². The molecule has 1 unspecified atom stereocenters. The molecule has 206 valence electrons. The third-order valence-corrected chi connectivity index (χ3v) is 9.36. The van der Waals surface area contributed by atoms with Gasteiger partial charge in [0.2, 0.25) is 17.7 Å². The standard InChI is InChI=1S/C23H33N9O5S/c1-11-18-17(12(2)28-16(33)9-31-10-27-29-30-31)22(35)32(18)19(23(36)37)20(11)38-14-5-15(25-8-14)21(34)26-7-13-3-4-24-6-13/h10-15,17-18,24-25H,3-9H2,1-2H3,(H,26,34)(H,28,33)(H,36,37)/t11-,12?,13-,14+,15+,17-,18-/m1/s1. The van der Waals surface area contributed by atoms with Crippen LogP contribution < -0.4 is 21.3 Å². The average Bonchev–Trinajstić information content (AvgIpc) is 3.67. The van der Waals surface area contributed by atoms with Crippen LogP contribution in [0.15, 0.2) is 16.9 Å². The number of aromatic nitrogens is 4. The summed E-state index contributed by atoms with van der Waals surface area (Å²) in [5.74, 6) is -2.13. The topological polar surface area (TPSA) is 183 Å². The summed E-state index contributed by atoms with van der Waals surface area (Å²) in [7, 11) is 0. The first-order valence-corrected chi connectivity index (χ1v) is 13.8. The molecule has 0 bridgehead atoms. The Morgan fingerprint density at radius 1 is 1.32 bits per heavy atom. The van der Waals surface area contributed by atoms with Gasteiger partial charge in [0, 0.05) is 35.2 Å². The molecule has 0 aliphatic carbocycles. The first-order valence-electron chi connectivity index (χ1n) is 12.9. The molecule has 5 rings (SSSR count). The Balaban J connectivity index is 1.19. The summed E-state index contributed by atoms with van der Waals surface area (Å²) in [5, 5.41) is 33.1. The van der Waals surface area contributed by atoms with Crippen LogP contribution in [0.25, 0.3) is 0 Å². The smallest absolute Gasteiger partial charge is 0.353 e. The SMILES string of the molecule is CC(NC(=O)Cn1cnnn1)[C@H]1C(=O)N2C(C(=O)O)=C(S[C@@H]3CN[C@H](C(=O)NC[C@@H]4CCNC4)C3)[C@H](C)[C@H]12. The number of nitrogens with one attached hydrogen (secondary N) is 4. The van der Waals surface area contributed by atoms with E-state index in [2.05, 4.69) is 36.8 Å². The number of thioether (sulfide) groups is 1. The lowest BCUT2D eigenvalue weighted by atomic mass is 9.78. The van der Waals surface area contributed by atoms with E-state index in [9.17, 15) is 24.3 Å². The molecule has 0 saturated carbocycles. The number of carbonyl (C=O) groups excluding carboxylic acids is 3. The second-order valence-electron chi connectivity index (χ2n) is 10.4. The van der Waals surface area contributed by atoms with E-state index in [-0.39, 0.29) is 53.2 Å². The minimum Gasteiger partial charge on any atom is -0.477 e. The van der Waals surface area contributed by atoms with E-state index in [0.717, 1.165) is 19.5 Å². The van der Waals surface area contributed by atoms with Gasteiger partial charge in [0.25, 0.3) is 0 Å². The van der Waals surface area contributed by atoms with E-state index in [4.69, 9.17) is 0 Å². The zero-order valence-electron chi connectivity index (χ0n) is 21.3. The number of nitrogens with zero attached hydrogens (tertiary/aromatic N) is 5. The van der Waals surface area contributed by atoms with Crippen molar-refractivity contribution in [2.24, 2.45) is 17.8 Å². The lowest BCUT2D eigenvalue weighted by molar-refractivity contribution is -0.158. The van der Waals surface area contributed by atoms with Crippen molar-refractivity contribution in [2.75, 3.05) is 26.2 Å². The number of β-lactam (4-membered cyclic amide) rings is 1. The van der Waals surface area contributed by atoms with Crippen LogP contribution >= 0.6 is 11.8 Å². The fourth-order valence-electron chi connectivity index (χ4n) is 5.91. The van der Waals surface area contributed by atoms with E-state index in [1.54, 1.807) is 6.92 Å². The van der Waals surface area contributed by atoms with Crippen molar-refractivity contribution < 1.29 is 24.3 Å². The number of hydrogen-bond donors (Lipinski definition) is 5. The number of amides is 3. The van der Waals surface area contributed by atoms with Crippen molar-refractivity contribution in [1.29, 1.82) is 0 Å². The number of aliphatic carboxylic acids is 1. The molecule has 4 aliphatic rings. The maximum atomic E-state index is 13.1. The maximum Gasteiger partial charge on any atom is 0.353 e. The highest BCUT2D eigenvalue weighted by atomic mass is 32.2. The summed E-state index contributed by atoms with van der Waals surface area (Å²) >= 11 is 1.44. The van der Waals surface area contributed by atoms with Gasteiger partial charge in [-0.25, -0.2) is 9.48 Å². The fourth-order valence-corrected chi connectivity index (χ4v) is 7.39. The lowest BCUT2D eigenvalue weighted by Crippen LogP contribution is -2.66. The van der Waals surface area contributed by atoms with Gasteiger partial charge in [-0.3, -0.25) is 14.4 Å². The van der Waals surface area contributed by atoms with Gasteiger partial charge in [-0.2, -0.15) is 0 Å². The maximum absolute atomic E-state index is 13.1. The minimum absolute atomic E-state index is 0.00589. The Labute approximate surface area is 223 Å². The number of rotatable bonds is 10. The second kappa shape index (κ2) is 11.0. The van der Waals surface area contributed by atoms with Gasteiger partial charge in [0.15, 0.2) is 0 Å². The molecule has 14 nitrogen and oxygen atoms in total. The highest BCUT2D eigenvalue weighted by Gasteiger charge is 2.60. The molecule has 0 radical (unpaired) electrons. The molecule has 0 aromatic carbocycles. The van der Waals surface area contributed by atoms with E-state index in [0.29, 0.717) is 30.3 Å². The third-order valence-electron chi connectivity index (χ3n) is 7.84. The Morgan fingerprint density at radius 3 is 2.82 bits per heavy atom. The molecule has 4 aliphatic heterocycles. The van der Waals surface area contributed by atoms with Crippen LogP contribution in [0.1, 0.15) is 26.7 Å². The molecule has 7 atom stereocenters. The number of hydrogen-bond acceptors (Lipinski definition) is 10. The molecule has 15 heteroatoms. The van der Waals surface area contributed by atoms with Crippen LogP contribution in [0.4, 0.5) is 0 Å². The molecular weight excluding hydrogens is 514 g/mol. The van der Waals surface area contributed by atoms with Gasteiger partial charge in [0.1, 0.15) is 18.6 Å². The molecule has 3 saturated heterocycles. The average molecular weight is 548 g/mol. The minimum atomic E-state index is -1.14. The highest BCUT2D eigenvalue weighted by molar-refractivity contribution is 8.03. The van der Waals surface area contributed by atoms with Crippen LogP contribution in [0.2, 0.25) is 0 Å². The van der Waals surface area contributed by atoms with Crippen LogP contribution in [0.3, 0.4) is 0 Å². The Bertz CT molecular complexity index is 1120. The van der Waals surface area contributed by atoms with Gasteiger partial charge in [0.05, 0.1) is 18.0 Å². The zero-order valence-corrected chi connectivity index (χ0v) is 22.1. The summed E-state index contributed by atoms with van der Waals surface area (Å²) in [4.78, 5) is 52.5. The quantitative estimate of drug-likeness (QED) is 0.207. The van der Waals surface area contributed by atoms with Crippen LogP contribution in [-0.4, -0.2) is 103 Å². The molecule has 3 fully saturated rings. The van der Waals surface area contributed by atoms with Crippen molar-refractivity contribution in [1.82, 2.24) is 46.4 Å². The first-order chi connectivity index (χ1) is 18.2. The molecule has 1 aromatic rings. The number of fused-ring (bicyclic) bond motifs is 1. The third kappa shape index (κ3) is 5.14. The monoisotopic (exact) mass is 547 g/mol. The number of tetrazole rings is 1. The van der Waals surface area contributed by atoms with Gasteiger partial charge in [-0.1, -0.05) is 6.92 Å². The highest BCUT2D eigenvalue weighted by Crippen LogP contribution is 2.51. The molecule has 5 N–H and O–H groups in total. The number of carbonyl (C=O) groups is 4. The van der Waals surface area contributed by atoms with E-state index in [1.807, 2.05) is 6.92 Å². The van der Waals surface area contributed by atoms with Crippen molar-refractivity contribution in [2.45, 2.75) is 56.6 Å². The molecular formula is C23H33N9O5S. The number of carboxylic acid groups (broad SMARTS) is 1. The Morgan fingerprint density at radius 2 is 2.13 bits per heavy atom. The molecule has 38 heavy (non-hydrogen) atoms. The van der Waals surface area contributed by atoms with E-state index < -0.39 is 17.9 Å². The van der Waals surface area contributed by atoms with Gasteiger partial charge in [-0.15, -0.1) is 16.9 Å². The van der Waals surface area contributed by atoms with Gasteiger partial charge >= 0.3 is 5.97 Å². The predicted molar refractivity (Wildman–Crippen MR) is 135 cm³/mol. The van der Waals surface area contributed by atoms with E-state index >= 15 is 0 Å². The molecule has 1 aromatic heterocycles. The van der Waals surface area contributed by atoms with Gasteiger partial charge < -0.3 is 31.3 Å². The summed E-state index contributed by atoms with van der Waals surface area (Å²) in [6.45, 7) is 6.71. The zero-order chi connectivity index (χ0) is 27.0. The van der Waals surface area contributed by atoms with Crippen molar-refractivity contribution in [3.63, 3.8) is 0 Å². The van der Waals surface area contributed by atoms with Crippen molar-refractivity contribution in [3.8, 4) is 0 Å². The fraction of sp³-hybridized carbons (Fsp3) is 0.696. The summed E-state index contributed by atoms with van der Waals surface area (Å²) in [6.07, 6.45) is 2.96. The van der Waals surface area contributed by atoms with Crippen LogP contribution in [0.5, 0.6) is 0 Å². The Hall–Kier alpha value is -3.04. The summed E-state index contributed by atoms with van der Waals surface area (Å²) < 4.78 is 1.28. The second-order valence-corrected chi connectivity index (χ2v) is 11.8. The first kappa shape index (κ1) is 26.6. The Kier molecular flexibility index (Phi) is 7.68. The van der Waals surface area contributed by atoms with Crippen LogP contribution in [0, 0.1) is 17.8 Å². The molecule has 5 heterocycles. The normalized spacial score (nSPS) is 31.2. The summed E-state index contributed by atoms with van der Waals surface area (Å²) in [5.41, 5.74) is 0.0163. The van der Waals surface area contributed by atoms with Crippen molar-refractivity contribution in [3.05, 3.63) is 16.9 Å². The van der Waals surface area contributed by atoms with Gasteiger partial charge in [-0.05, 0) is 49.2 Å². The molecule has 0 spiro atoms. The summed E-state index contributed by atoms with van der Waals surface area (Å²) in [6, 6.07) is -1.17. The number of carboxylic acids is 1. The van der Waals surface area contributed by atoms with Crippen LogP contribution in [-0.2, 0) is 25.7 Å². The molecule has 3 amide bonds. The van der Waals surface area contributed by atoms with Crippen molar-refractivity contribution >= 4 is 35.5 Å².